The Balaban J connectivity index is 2.05. The Kier molecular flexibility index (Phi) is 5.32. The van der Waals surface area contributed by atoms with Gasteiger partial charge < -0.3 is 15.8 Å². The molecule has 1 aliphatic heterocycles. The average Bonchev–Trinajstić information content (AvgIpc) is 2.90. The fraction of sp³-hybridized carbons (Fsp3) is 0.562. The van der Waals surface area contributed by atoms with E-state index in [0.717, 1.165) is 19.5 Å². The van der Waals surface area contributed by atoms with Gasteiger partial charge in [0.2, 0.25) is 5.91 Å². The van der Waals surface area contributed by atoms with Crippen LogP contribution in [0, 0.1) is 5.41 Å². The number of benzene rings is 1. The first-order chi connectivity index (χ1) is 10.4. The van der Waals surface area contributed by atoms with Crippen molar-refractivity contribution >= 4 is 23.2 Å². The lowest BCUT2D eigenvalue weighted by molar-refractivity contribution is -0.120. The number of carbonyl (C=O) groups excluding carboxylic acids is 1. The van der Waals surface area contributed by atoms with Crippen LogP contribution in [0.2, 0.25) is 5.02 Å². The highest BCUT2D eigenvalue weighted by atomic mass is 35.5. The van der Waals surface area contributed by atoms with Crippen molar-refractivity contribution in [3.63, 3.8) is 0 Å². The van der Waals surface area contributed by atoms with E-state index in [2.05, 4.69) is 17.1 Å². The van der Waals surface area contributed by atoms with Crippen LogP contribution in [0.1, 0.15) is 20.3 Å². The Morgan fingerprint density at radius 3 is 2.91 bits per heavy atom. The van der Waals surface area contributed by atoms with Crippen LogP contribution in [0.15, 0.2) is 18.2 Å². The van der Waals surface area contributed by atoms with Gasteiger partial charge in [0.05, 0.1) is 18.8 Å². The van der Waals surface area contributed by atoms with E-state index >= 15 is 0 Å². The maximum Gasteiger partial charge on any atom is 0.241 e. The second-order valence-corrected chi connectivity index (χ2v) is 6.68. The van der Waals surface area contributed by atoms with Crippen LogP contribution in [0.3, 0.4) is 0 Å². The quantitative estimate of drug-likeness (QED) is 0.872. The van der Waals surface area contributed by atoms with Crippen molar-refractivity contribution in [2.75, 3.05) is 32.1 Å². The molecule has 5 nitrogen and oxygen atoms in total. The Hall–Kier alpha value is -1.30. The van der Waals surface area contributed by atoms with Gasteiger partial charge in [0.15, 0.2) is 0 Å². The zero-order valence-electron chi connectivity index (χ0n) is 13.4. The predicted octanol–water partition coefficient (Wildman–Crippen LogP) is 2.35. The topological polar surface area (TPSA) is 67.6 Å². The Bertz CT molecular complexity index is 552. The molecule has 2 unspecified atom stereocenters. The standard InChI is InChI=1S/C16H24ClN3O2/c1-11(20-7-6-16(2,9-18)10-20)15(21)19-13-8-12(17)4-5-14(13)22-3/h4-5,8,11H,6-7,9-10,18H2,1-3H3,(H,19,21). The number of methoxy groups -OCH3 is 1. The number of nitrogens with two attached hydrogens (primary N) is 1. The van der Waals surface area contributed by atoms with Crippen LogP contribution < -0.4 is 15.8 Å². The summed E-state index contributed by atoms with van der Waals surface area (Å²) in [6.45, 7) is 6.44. The van der Waals surface area contributed by atoms with Gasteiger partial charge in [-0.3, -0.25) is 9.69 Å². The van der Waals surface area contributed by atoms with Crippen LogP contribution in [0.4, 0.5) is 5.69 Å². The molecule has 1 fully saturated rings. The number of rotatable bonds is 5. The molecular formula is C16H24ClN3O2. The third-order valence-electron chi connectivity index (χ3n) is 4.43. The molecule has 1 heterocycles. The summed E-state index contributed by atoms with van der Waals surface area (Å²) in [5, 5.41) is 3.46. The van der Waals surface area contributed by atoms with Crippen LogP contribution in [-0.2, 0) is 4.79 Å². The van der Waals surface area contributed by atoms with E-state index in [4.69, 9.17) is 22.1 Å². The number of nitrogens with zero attached hydrogens (tertiary/aromatic N) is 1. The molecule has 1 aromatic rings. The Morgan fingerprint density at radius 2 is 2.32 bits per heavy atom. The summed E-state index contributed by atoms with van der Waals surface area (Å²) in [6, 6.07) is 4.94. The van der Waals surface area contributed by atoms with E-state index in [0.29, 0.717) is 23.0 Å². The average molecular weight is 326 g/mol. The number of hydrogen-bond donors (Lipinski definition) is 2. The van der Waals surface area contributed by atoms with E-state index in [1.54, 1.807) is 25.3 Å². The smallest absolute Gasteiger partial charge is 0.241 e. The van der Waals surface area contributed by atoms with Gasteiger partial charge in [0, 0.05) is 11.6 Å². The molecule has 0 bridgehead atoms. The lowest BCUT2D eigenvalue weighted by Gasteiger charge is -2.26. The highest BCUT2D eigenvalue weighted by Gasteiger charge is 2.36. The van der Waals surface area contributed by atoms with Gasteiger partial charge in [-0.05, 0) is 50.0 Å². The van der Waals surface area contributed by atoms with Gasteiger partial charge in [0.1, 0.15) is 5.75 Å². The van der Waals surface area contributed by atoms with Gasteiger partial charge in [0.25, 0.3) is 0 Å². The summed E-state index contributed by atoms with van der Waals surface area (Å²) in [5.74, 6) is 0.528. The maximum absolute atomic E-state index is 12.5. The van der Waals surface area contributed by atoms with Crippen LogP contribution in [0.25, 0.3) is 0 Å². The van der Waals surface area contributed by atoms with Gasteiger partial charge in [-0.1, -0.05) is 18.5 Å². The molecule has 2 rings (SSSR count). The first kappa shape index (κ1) is 17.1. The SMILES string of the molecule is COc1ccc(Cl)cc1NC(=O)C(C)N1CCC(C)(CN)C1. The van der Waals surface area contributed by atoms with Crippen molar-refractivity contribution in [2.24, 2.45) is 11.1 Å². The fourth-order valence-electron chi connectivity index (χ4n) is 2.74. The zero-order chi connectivity index (χ0) is 16.3. The second kappa shape index (κ2) is 6.86. The van der Waals surface area contributed by atoms with Crippen molar-refractivity contribution in [1.82, 2.24) is 4.90 Å². The number of nitrogens with one attached hydrogen (secondary N) is 1. The largest absolute Gasteiger partial charge is 0.495 e. The van der Waals surface area contributed by atoms with Gasteiger partial charge >= 0.3 is 0 Å². The third-order valence-corrected chi connectivity index (χ3v) is 4.66. The maximum atomic E-state index is 12.5. The van der Waals surface area contributed by atoms with Crippen molar-refractivity contribution in [3.8, 4) is 5.75 Å². The van der Waals surface area contributed by atoms with Gasteiger partial charge in [-0.2, -0.15) is 0 Å². The first-order valence-electron chi connectivity index (χ1n) is 7.47. The summed E-state index contributed by atoms with van der Waals surface area (Å²) in [4.78, 5) is 14.7. The third kappa shape index (κ3) is 3.72. The molecule has 1 amide bonds. The first-order valence-corrected chi connectivity index (χ1v) is 7.85. The van der Waals surface area contributed by atoms with Crippen molar-refractivity contribution < 1.29 is 9.53 Å². The fourth-order valence-corrected chi connectivity index (χ4v) is 2.91. The summed E-state index contributed by atoms with van der Waals surface area (Å²) in [7, 11) is 1.56. The molecule has 122 valence electrons. The zero-order valence-corrected chi connectivity index (χ0v) is 14.1. The van der Waals surface area contributed by atoms with E-state index in [1.165, 1.54) is 0 Å². The molecule has 1 aliphatic rings. The molecule has 2 atom stereocenters. The minimum atomic E-state index is -0.225. The minimum absolute atomic E-state index is 0.0677. The molecular weight excluding hydrogens is 302 g/mol. The molecule has 0 radical (unpaired) electrons. The van der Waals surface area contributed by atoms with Gasteiger partial charge in [-0.15, -0.1) is 0 Å². The van der Waals surface area contributed by atoms with Crippen molar-refractivity contribution in [3.05, 3.63) is 23.2 Å². The van der Waals surface area contributed by atoms with Crippen LogP contribution in [0.5, 0.6) is 5.75 Å². The molecule has 6 heteroatoms. The molecule has 1 aromatic carbocycles. The normalized spacial score (nSPS) is 23.3. The molecule has 3 N–H and O–H groups in total. The van der Waals surface area contributed by atoms with E-state index in [-0.39, 0.29) is 17.4 Å². The van der Waals surface area contributed by atoms with Crippen molar-refractivity contribution in [1.29, 1.82) is 0 Å². The van der Waals surface area contributed by atoms with Gasteiger partial charge in [-0.25, -0.2) is 0 Å². The predicted molar refractivity (Wildman–Crippen MR) is 89.4 cm³/mol. The highest BCUT2D eigenvalue weighted by molar-refractivity contribution is 6.31. The molecule has 22 heavy (non-hydrogen) atoms. The number of ether oxygens (including phenoxy) is 1. The number of hydrogen-bond acceptors (Lipinski definition) is 4. The second-order valence-electron chi connectivity index (χ2n) is 6.25. The molecule has 1 saturated heterocycles. The van der Waals surface area contributed by atoms with E-state index in [1.807, 2.05) is 6.92 Å². The van der Waals surface area contributed by atoms with Crippen molar-refractivity contribution in [2.45, 2.75) is 26.3 Å². The highest BCUT2D eigenvalue weighted by Crippen LogP contribution is 2.31. The Labute approximate surface area is 136 Å². The van der Waals surface area contributed by atoms with Crippen LogP contribution >= 0.6 is 11.6 Å². The summed E-state index contributed by atoms with van der Waals surface area (Å²) < 4.78 is 5.25. The lowest BCUT2D eigenvalue weighted by atomic mass is 9.90. The van der Waals surface area contributed by atoms with E-state index in [9.17, 15) is 4.79 Å². The molecule has 0 saturated carbocycles. The Morgan fingerprint density at radius 1 is 1.59 bits per heavy atom. The number of carbonyl (C=O) groups is 1. The lowest BCUT2D eigenvalue weighted by Crippen LogP contribution is -2.42. The summed E-state index contributed by atoms with van der Waals surface area (Å²) in [5.41, 5.74) is 6.52. The summed E-state index contributed by atoms with van der Waals surface area (Å²) >= 11 is 5.99. The molecule has 0 aliphatic carbocycles. The molecule has 0 aromatic heterocycles. The molecule has 0 spiro atoms. The number of halogens is 1. The summed E-state index contributed by atoms with van der Waals surface area (Å²) in [6.07, 6.45) is 1.02. The number of anilines is 1. The van der Waals surface area contributed by atoms with E-state index < -0.39 is 0 Å². The number of amides is 1. The number of likely N-dealkylation sites (tertiary alicyclic amines) is 1. The van der Waals surface area contributed by atoms with Crippen LogP contribution in [-0.4, -0.2) is 43.6 Å². The minimum Gasteiger partial charge on any atom is -0.495 e. The monoisotopic (exact) mass is 325 g/mol.